The summed E-state index contributed by atoms with van der Waals surface area (Å²) in [5.74, 6) is 0. The SMILES string of the molecule is NC(=O)Nc1cccc(CN=C=O)c1. The summed E-state index contributed by atoms with van der Waals surface area (Å²) < 4.78 is 0. The van der Waals surface area contributed by atoms with Gasteiger partial charge in [-0.15, -0.1) is 0 Å². The molecule has 0 aliphatic carbocycles. The molecule has 0 heterocycles. The lowest BCUT2D eigenvalue weighted by Gasteiger charge is -2.02. The molecule has 0 unspecified atom stereocenters. The number of rotatable bonds is 3. The number of benzene rings is 1. The Morgan fingerprint density at radius 1 is 1.57 bits per heavy atom. The number of nitrogens with two attached hydrogens (primary N) is 1. The molecule has 5 heteroatoms. The normalized spacial score (nSPS) is 8.86. The molecule has 72 valence electrons. The van der Waals surface area contributed by atoms with E-state index in [1.807, 2.05) is 0 Å². The van der Waals surface area contributed by atoms with Gasteiger partial charge in [0.2, 0.25) is 6.08 Å². The monoisotopic (exact) mass is 191 g/mol. The van der Waals surface area contributed by atoms with Crippen LogP contribution in [-0.2, 0) is 11.3 Å². The van der Waals surface area contributed by atoms with Gasteiger partial charge in [-0.2, -0.15) is 0 Å². The van der Waals surface area contributed by atoms with Crippen molar-refractivity contribution in [3.63, 3.8) is 0 Å². The standard InChI is InChI=1S/C9H9N3O2/c10-9(14)12-8-3-1-2-7(4-8)5-11-6-13/h1-4H,5H2,(H3,10,12,14). The van der Waals surface area contributed by atoms with Gasteiger partial charge in [0.05, 0.1) is 6.54 Å². The number of carbonyl (C=O) groups is 1. The number of primary amides is 1. The number of aliphatic imine (C=N–C) groups is 1. The van der Waals surface area contributed by atoms with Gasteiger partial charge in [0.15, 0.2) is 0 Å². The Balaban J connectivity index is 2.78. The number of hydrogen-bond acceptors (Lipinski definition) is 3. The maximum atomic E-state index is 10.5. The molecule has 0 saturated carbocycles. The molecule has 0 fully saturated rings. The summed E-state index contributed by atoms with van der Waals surface area (Å²) in [6.07, 6.45) is 1.44. The fourth-order valence-electron chi connectivity index (χ4n) is 1.01. The first-order valence-corrected chi connectivity index (χ1v) is 3.91. The van der Waals surface area contributed by atoms with Crippen LogP contribution in [0.5, 0.6) is 0 Å². The Bertz CT molecular complexity index is 364. The molecule has 0 radical (unpaired) electrons. The zero-order chi connectivity index (χ0) is 10.4. The van der Waals surface area contributed by atoms with E-state index in [-0.39, 0.29) is 6.54 Å². The highest BCUT2D eigenvalue weighted by molar-refractivity contribution is 5.87. The number of nitrogens with one attached hydrogen (secondary N) is 1. The first-order valence-electron chi connectivity index (χ1n) is 3.91. The van der Waals surface area contributed by atoms with Gasteiger partial charge < -0.3 is 11.1 Å². The van der Waals surface area contributed by atoms with Gasteiger partial charge in [0.1, 0.15) is 0 Å². The summed E-state index contributed by atoms with van der Waals surface area (Å²) in [5, 5.41) is 2.42. The Morgan fingerprint density at radius 2 is 2.36 bits per heavy atom. The first kappa shape index (κ1) is 9.95. The van der Waals surface area contributed by atoms with Crippen LogP contribution < -0.4 is 11.1 Å². The van der Waals surface area contributed by atoms with E-state index >= 15 is 0 Å². The van der Waals surface area contributed by atoms with Crippen molar-refractivity contribution in [3.05, 3.63) is 29.8 Å². The van der Waals surface area contributed by atoms with Crippen LogP contribution in [0.25, 0.3) is 0 Å². The van der Waals surface area contributed by atoms with Gasteiger partial charge >= 0.3 is 6.03 Å². The van der Waals surface area contributed by atoms with Gasteiger partial charge in [-0.1, -0.05) is 12.1 Å². The van der Waals surface area contributed by atoms with E-state index in [2.05, 4.69) is 10.3 Å². The minimum Gasteiger partial charge on any atom is -0.351 e. The molecule has 0 atom stereocenters. The van der Waals surface area contributed by atoms with Crippen LogP contribution >= 0.6 is 0 Å². The van der Waals surface area contributed by atoms with Gasteiger partial charge in [0.25, 0.3) is 0 Å². The van der Waals surface area contributed by atoms with E-state index in [9.17, 15) is 9.59 Å². The van der Waals surface area contributed by atoms with Crippen molar-refractivity contribution in [1.82, 2.24) is 0 Å². The second-order valence-corrected chi connectivity index (χ2v) is 2.60. The molecule has 0 bridgehead atoms. The maximum Gasteiger partial charge on any atom is 0.316 e. The summed E-state index contributed by atoms with van der Waals surface area (Å²) in [4.78, 5) is 23.8. The Hall–Kier alpha value is -2.13. The number of nitrogens with zero attached hydrogens (tertiary/aromatic N) is 1. The van der Waals surface area contributed by atoms with Crippen LogP contribution in [0, 0.1) is 0 Å². The van der Waals surface area contributed by atoms with Crippen LogP contribution in [0.4, 0.5) is 10.5 Å². The smallest absolute Gasteiger partial charge is 0.316 e. The molecule has 2 amide bonds. The number of amides is 2. The average Bonchev–Trinajstić information content (AvgIpc) is 2.14. The maximum absolute atomic E-state index is 10.5. The summed E-state index contributed by atoms with van der Waals surface area (Å²) >= 11 is 0. The van der Waals surface area contributed by atoms with E-state index in [0.29, 0.717) is 5.69 Å². The van der Waals surface area contributed by atoms with Crippen molar-refractivity contribution < 1.29 is 9.59 Å². The second kappa shape index (κ2) is 4.79. The van der Waals surface area contributed by atoms with E-state index in [1.54, 1.807) is 24.3 Å². The predicted octanol–water partition coefficient (Wildman–Crippen LogP) is 1.01. The topological polar surface area (TPSA) is 84.6 Å². The highest BCUT2D eigenvalue weighted by Gasteiger charge is 1.96. The zero-order valence-electron chi connectivity index (χ0n) is 7.36. The molecule has 0 aliphatic rings. The lowest BCUT2D eigenvalue weighted by Crippen LogP contribution is -2.19. The minimum absolute atomic E-state index is 0.248. The Labute approximate surface area is 80.6 Å². The van der Waals surface area contributed by atoms with Crippen LogP contribution in [0.2, 0.25) is 0 Å². The first-order chi connectivity index (χ1) is 6.72. The molecule has 3 N–H and O–H groups in total. The lowest BCUT2D eigenvalue weighted by atomic mass is 10.2. The van der Waals surface area contributed by atoms with Crippen LogP contribution in [0.3, 0.4) is 0 Å². The third-order valence-corrected chi connectivity index (χ3v) is 1.52. The number of urea groups is 1. The van der Waals surface area contributed by atoms with Crippen molar-refractivity contribution in [1.29, 1.82) is 0 Å². The number of carbonyl (C=O) groups excluding carboxylic acids is 2. The Morgan fingerprint density at radius 3 is 3.00 bits per heavy atom. The molecule has 0 spiro atoms. The van der Waals surface area contributed by atoms with Crippen molar-refractivity contribution >= 4 is 17.8 Å². The molecule has 5 nitrogen and oxygen atoms in total. The summed E-state index contributed by atoms with van der Waals surface area (Å²) in [7, 11) is 0. The second-order valence-electron chi connectivity index (χ2n) is 2.60. The Kier molecular flexibility index (Phi) is 3.41. The third kappa shape index (κ3) is 3.08. The predicted molar refractivity (Wildman–Crippen MR) is 51.5 cm³/mol. The van der Waals surface area contributed by atoms with E-state index in [1.165, 1.54) is 6.08 Å². The quantitative estimate of drug-likeness (QED) is 0.552. The van der Waals surface area contributed by atoms with Crippen molar-refractivity contribution in [2.75, 3.05) is 5.32 Å². The summed E-state index contributed by atoms with van der Waals surface area (Å²) in [5.41, 5.74) is 6.32. The van der Waals surface area contributed by atoms with Crippen LogP contribution in [0.15, 0.2) is 29.3 Å². The molecule has 1 rings (SSSR count). The average molecular weight is 191 g/mol. The molecular formula is C9H9N3O2. The van der Waals surface area contributed by atoms with Gasteiger partial charge in [-0.25, -0.2) is 14.6 Å². The van der Waals surface area contributed by atoms with E-state index in [0.717, 1.165) is 5.56 Å². The highest BCUT2D eigenvalue weighted by atomic mass is 16.2. The van der Waals surface area contributed by atoms with Gasteiger partial charge in [-0.3, -0.25) is 0 Å². The molecule has 0 saturated heterocycles. The minimum atomic E-state index is -0.624. The summed E-state index contributed by atoms with van der Waals surface area (Å²) in [6, 6.07) is 6.28. The fourth-order valence-corrected chi connectivity index (χ4v) is 1.01. The fraction of sp³-hybridized carbons (Fsp3) is 0.111. The van der Waals surface area contributed by atoms with Gasteiger partial charge in [0, 0.05) is 5.69 Å². The van der Waals surface area contributed by atoms with E-state index < -0.39 is 6.03 Å². The van der Waals surface area contributed by atoms with Gasteiger partial charge in [-0.05, 0) is 17.7 Å². The zero-order valence-corrected chi connectivity index (χ0v) is 7.36. The highest BCUT2D eigenvalue weighted by Crippen LogP contribution is 2.10. The number of anilines is 1. The number of isocyanates is 1. The largest absolute Gasteiger partial charge is 0.351 e. The molecule has 0 aromatic heterocycles. The molecule has 1 aromatic carbocycles. The molecule has 14 heavy (non-hydrogen) atoms. The molecule has 1 aromatic rings. The van der Waals surface area contributed by atoms with Crippen molar-refractivity contribution in [2.24, 2.45) is 10.7 Å². The van der Waals surface area contributed by atoms with Crippen LogP contribution in [0.1, 0.15) is 5.56 Å². The number of hydrogen-bond donors (Lipinski definition) is 2. The summed E-state index contributed by atoms with van der Waals surface area (Å²) in [6.45, 7) is 0.248. The lowest BCUT2D eigenvalue weighted by molar-refractivity contribution is 0.259. The van der Waals surface area contributed by atoms with Crippen molar-refractivity contribution in [2.45, 2.75) is 6.54 Å². The third-order valence-electron chi connectivity index (χ3n) is 1.52. The van der Waals surface area contributed by atoms with E-state index in [4.69, 9.17) is 5.73 Å². The molecule has 0 aliphatic heterocycles. The van der Waals surface area contributed by atoms with Crippen LogP contribution in [-0.4, -0.2) is 12.1 Å². The van der Waals surface area contributed by atoms with Crippen molar-refractivity contribution in [3.8, 4) is 0 Å². The molecular weight excluding hydrogens is 182 g/mol.